The summed E-state index contributed by atoms with van der Waals surface area (Å²) in [5.74, 6) is 1.17. The van der Waals surface area contributed by atoms with Crippen LogP contribution in [-0.4, -0.2) is 39.4 Å². The molecule has 1 aliphatic heterocycles. The van der Waals surface area contributed by atoms with E-state index in [9.17, 15) is 14.1 Å². The number of hydrogen-bond acceptors (Lipinski definition) is 3. The first-order valence-electron chi connectivity index (χ1n) is 7.09. The highest BCUT2D eigenvalue weighted by molar-refractivity contribution is 7.85. The van der Waals surface area contributed by atoms with E-state index in [0.29, 0.717) is 11.5 Å². The van der Waals surface area contributed by atoms with Crippen molar-refractivity contribution >= 4 is 16.8 Å². The summed E-state index contributed by atoms with van der Waals surface area (Å²) in [5.41, 5.74) is 2.97. The van der Waals surface area contributed by atoms with Crippen molar-refractivity contribution in [2.75, 3.05) is 18.1 Å². The molecule has 0 saturated carbocycles. The van der Waals surface area contributed by atoms with Gasteiger partial charge in [0, 0.05) is 34.9 Å². The molecule has 1 aliphatic rings. The monoisotopic (exact) mass is 310 g/mol. The Morgan fingerprint density at radius 1 is 1.38 bits per heavy atom. The maximum atomic E-state index is 11.7. The molecule has 1 heterocycles. The summed E-state index contributed by atoms with van der Waals surface area (Å²) in [6.07, 6.45) is 0.0201. The van der Waals surface area contributed by atoms with E-state index in [2.05, 4.69) is 10.6 Å². The fourth-order valence-electron chi connectivity index (χ4n) is 2.52. The topological polar surface area (TPSA) is 78.4 Å². The van der Waals surface area contributed by atoms with Crippen molar-refractivity contribution in [2.24, 2.45) is 0 Å². The summed E-state index contributed by atoms with van der Waals surface area (Å²) in [6, 6.07) is 5.53. The molecular weight excluding hydrogens is 288 g/mol. The number of aliphatic hydroxyl groups is 1. The number of aryl methyl sites for hydroxylation is 2. The minimum Gasteiger partial charge on any atom is -0.387 e. The van der Waals surface area contributed by atoms with E-state index in [1.807, 2.05) is 32.0 Å². The van der Waals surface area contributed by atoms with Gasteiger partial charge in [-0.15, -0.1) is 0 Å². The SMILES string of the molecule is Cc1cc(C)cc([C@H](O)CNC(=O)N[C@H]2CC[S@@](=O)C2)c1. The molecule has 2 rings (SSSR count). The highest BCUT2D eigenvalue weighted by atomic mass is 32.2. The Labute approximate surface area is 127 Å². The molecule has 1 aromatic carbocycles. The van der Waals surface area contributed by atoms with Crippen LogP contribution in [0.25, 0.3) is 0 Å². The van der Waals surface area contributed by atoms with Gasteiger partial charge in [0.1, 0.15) is 0 Å². The third-order valence-corrected chi connectivity index (χ3v) is 4.97. The van der Waals surface area contributed by atoms with Crippen LogP contribution in [0.4, 0.5) is 4.79 Å². The third-order valence-electron chi connectivity index (χ3n) is 3.50. The quantitative estimate of drug-likeness (QED) is 0.781. The number of hydrogen-bond donors (Lipinski definition) is 3. The van der Waals surface area contributed by atoms with Gasteiger partial charge >= 0.3 is 6.03 Å². The van der Waals surface area contributed by atoms with Crippen molar-refractivity contribution < 1.29 is 14.1 Å². The molecule has 0 spiro atoms. The largest absolute Gasteiger partial charge is 0.387 e. The van der Waals surface area contributed by atoms with E-state index in [-0.39, 0.29) is 18.6 Å². The van der Waals surface area contributed by atoms with Crippen LogP contribution in [-0.2, 0) is 10.8 Å². The number of urea groups is 1. The Morgan fingerprint density at radius 3 is 2.62 bits per heavy atom. The zero-order valence-electron chi connectivity index (χ0n) is 12.4. The molecule has 0 bridgehead atoms. The molecular formula is C15H22N2O3S. The molecule has 0 radical (unpaired) electrons. The average Bonchev–Trinajstić information content (AvgIpc) is 2.80. The predicted molar refractivity (Wildman–Crippen MR) is 83.7 cm³/mol. The van der Waals surface area contributed by atoms with Gasteiger partial charge < -0.3 is 15.7 Å². The summed E-state index contributed by atoms with van der Waals surface area (Å²) in [6.45, 7) is 4.11. The minimum atomic E-state index is -0.809. The lowest BCUT2D eigenvalue weighted by atomic mass is 10.0. The second kappa shape index (κ2) is 7.04. The maximum Gasteiger partial charge on any atom is 0.315 e. The first-order valence-corrected chi connectivity index (χ1v) is 8.58. The smallest absolute Gasteiger partial charge is 0.315 e. The molecule has 0 aromatic heterocycles. The van der Waals surface area contributed by atoms with Gasteiger partial charge in [0.2, 0.25) is 0 Å². The van der Waals surface area contributed by atoms with Crippen LogP contribution in [0.3, 0.4) is 0 Å². The highest BCUT2D eigenvalue weighted by Crippen LogP contribution is 2.16. The van der Waals surface area contributed by atoms with Gasteiger partial charge in [-0.25, -0.2) is 4.79 Å². The van der Waals surface area contributed by atoms with E-state index in [1.165, 1.54) is 0 Å². The molecule has 116 valence electrons. The molecule has 0 unspecified atom stereocenters. The number of benzene rings is 1. The molecule has 6 heteroatoms. The lowest BCUT2D eigenvalue weighted by Crippen LogP contribution is -2.43. The molecule has 3 atom stereocenters. The summed E-state index contributed by atoms with van der Waals surface area (Å²) in [7, 11) is -0.809. The average molecular weight is 310 g/mol. The second-order valence-corrected chi connectivity index (χ2v) is 7.21. The fourth-order valence-corrected chi connectivity index (χ4v) is 3.94. The number of aliphatic hydroxyl groups excluding tert-OH is 1. The van der Waals surface area contributed by atoms with Gasteiger partial charge in [-0.3, -0.25) is 4.21 Å². The molecule has 3 N–H and O–H groups in total. The summed E-state index contributed by atoms with van der Waals surface area (Å²) >= 11 is 0. The van der Waals surface area contributed by atoms with E-state index in [4.69, 9.17) is 0 Å². The standard InChI is InChI=1S/C15H22N2O3S/c1-10-5-11(2)7-12(6-10)14(18)8-16-15(19)17-13-3-4-21(20)9-13/h5-7,13-14,18H,3-4,8-9H2,1-2H3,(H2,16,17,19)/t13-,14+,21+/m0/s1. The molecule has 2 amide bonds. The molecule has 21 heavy (non-hydrogen) atoms. The molecule has 0 aliphatic carbocycles. The lowest BCUT2D eigenvalue weighted by Gasteiger charge is -2.16. The van der Waals surface area contributed by atoms with Crippen molar-refractivity contribution in [1.82, 2.24) is 10.6 Å². The van der Waals surface area contributed by atoms with Gasteiger partial charge in [0.15, 0.2) is 0 Å². The second-order valence-electron chi connectivity index (χ2n) is 5.59. The van der Waals surface area contributed by atoms with Crippen LogP contribution in [0.2, 0.25) is 0 Å². The van der Waals surface area contributed by atoms with E-state index >= 15 is 0 Å². The Balaban J connectivity index is 1.81. The Hall–Kier alpha value is -1.40. The van der Waals surface area contributed by atoms with Crippen LogP contribution < -0.4 is 10.6 Å². The van der Waals surface area contributed by atoms with Crippen LogP contribution >= 0.6 is 0 Å². The van der Waals surface area contributed by atoms with Crippen LogP contribution in [0.1, 0.15) is 29.2 Å². The molecule has 1 saturated heterocycles. The van der Waals surface area contributed by atoms with Crippen LogP contribution in [0.15, 0.2) is 18.2 Å². The van der Waals surface area contributed by atoms with E-state index < -0.39 is 16.9 Å². The first kappa shape index (κ1) is 16.0. The molecule has 5 nitrogen and oxygen atoms in total. The van der Waals surface area contributed by atoms with Gasteiger partial charge in [0.05, 0.1) is 6.10 Å². The number of rotatable bonds is 4. The van der Waals surface area contributed by atoms with Crippen LogP contribution in [0.5, 0.6) is 0 Å². The van der Waals surface area contributed by atoms with Gasteiger partial charge in [-0.1, -0.05) is 29.3 Å². The van der Waals surface area contributed by atoms with Crippen LogP contribution in [0, 0.1) is 13.8 Å². The van der Waals surface area contributed by atoms with Crippen molar-refractivity contribution in [1.29, 1.82) is 0 Å². The predicted octanol–water partition coefficient (Wildman–Crippen LogP) is 1.16. The Morgan fingerprint density at radius 2 is 2.05 bits per heavy atom. The minimum absolute atomic E-state index is 0.0239. The van der Waals surface area contributed by atoms with Gasteiger partial charge in [-0.05, 0) is 25.8 Å². The number of nitrogens with one attached hydrogen (secondary N) is 2. The number of carbonyl (C=O) groups excluding carboxylic acids is 1. The normalized spacial score (nSPS) is 22.8. The van der Waals surface area contributed by atoms with Crippen molar-refractivity contribution in [3.63, 3.8) is 0 Å². The van der Waals surface area contributed by atoms with Crippen molar-refractivity contribution in [3.8, 4) is 0 Å². The Bertz CT molecular complexity index is 527. The zero-order chi connectivity index (χ0) is 15.4. The van der Waals surface area contributed by atoms with E-state index in [1.54, 1.807) is 0 Å². The summed E-state index contributed by atoms with van der Waals surface area (Å²) in [5, 5.41) is 15.6. The fraction of sp³-hybridized carbons (Fsp3) is 0.533. The van der Waals surface area contributed by atoms with Gasteiger partial charge in [-0.2, -0.15) is 0 Å². The summed E-state index contributed by atoms with van der Waals surface area (Å²) < 4.78 is 11.2. The number of carbonyl (C=O) groups is 1. The molecule has 1 aromatic rings. The molecule has 1 fully saturated rings. The maximum absolute atomic E-state index is 11.7. The van der Waals surface area contributed by atoms with Gasteiger partial charge in [0.25, 0.3) is 0 Å². The first-order chi connectivity index (χ1) is 9.94. The number of amides is 2. The summed E-state index contributed by atoms with van der Waals surface area (Å²) in [4.78, 5) is 11.7. The highest BCUT2D eigenvalue weighted by Gasteiger charge is 2.22. The van der Waals surface area contributed by atoms with Crippen molar-refractivity contribution in [2.45, 2.75) is 32.4 Å². The third kappa shape index (κ3) is 4.82. The van der Waals surface area contributed by atoms with Crippen molar-refractivity contribution in [3.05, 3.63) is 34.9 Å². The Kier molecular flexibility index (Phi) is 5.36. The van der Waals surface area contributed by atoms with E-state index in [0.717, 1.165) is 23.1 Å². The zero-order valence-corrected chi connectivity index (χ0v) is 13.2. The lowest BCUT2D eigenvalue weighted by molar-refractivity contribution is 0.172.